The van der Waals surface area contributed by atoms with Gasteiger partial charge in [-0.3, -0.25) is 0 Å². The highest BCUT2D eigenvalue weighted by Crippen LogP contribution is 2.47. The van der Waals surface area contributed by atoms with E-state index in [-0.39, 0.29) is 0 Å². The molecule has 1 nitrogen and oxygen atoms in total. The molecule has 5 aromatic rings. The van der Waals surface area contributed by atoms with Gasteiger partial charge >= 0.3 is 0 Å². The molecule has 192 valence electrons. The van der Waals surface area contributed by atoms with E-state index in [1.165, 1.54) is 60.9 Å². The van der Waals surface area contributed by atoms with Crippen LogP contribution in [0.15, 0.2) is 139 Å². The van der Waals surface area contributed by atoms with E-state index in [2.05, 4.69) is 147 Å². The number of allylic oxidation sites excluding steroid dienone is 5. The van der Waals surface area contributed by atoms with E-state index in [1.807, 2.05) is 6.26 Å². The molecule has 0 N–H and O–H groups in total. The summed E-state index contributed by atoms with van der Waals surface area (Å²) in [5.74, 6) is 1.31. The molecule has 0 fully saturated rings. The normalized spacial score (nSPS) is 15.8. The van der Waals surface area contributed by atoms with E-state index in [9.17, 15) is 0 Å². The molecule has 0 spiro atoms. The van der Waals surface area contributed by atoms with E-state index < -0.39 is 0 Å². The van der Waals surface area contributed by atoms with Gasteiger partial charge in [0.1, 0.15) is 5.75 Å². The maximum Gasteiger partial charge on any atom is 0.131 e. The Morgan fingerprint density at radius 1 is 0.700 bits per heavy atom. The highest BCUT2D eigenvalue weighted by atomic mass is 16.5. The molecule has 0 bridgehead atoms. The Morgan fingerprint density at radius 2 is 1.45 bits per heavy atom. The van der Waals surface area contributed by atoms with Crippen molar-refractivity contribution in [3.05, 3.63) is 162 Å². The van der Waals surface area contributed by atoms with Crippen LogP contribution in [0.3, 0.4) is 0 Å². The first kappa shape index (κ1) is 24.2. The maximum absolute atomic E-state index is 6.13. The van der Waals surface area contributed by atoms with E-state index >= 15 is 0 Å². The number of benzene rings is 5. The first-order chi connectivity index (χ1) is 19.7. The van der Waals surface area contributed by atoms with E-state index in [4.69, 9.17) is 4.74 Å². The predicted octanol–water partition coefficient (Wildman–Crippen LogP) is 10.5. The molecule has 0 amide bonds. The van der Waals surface area contributed by atoms with Gasteiger partial charge in [0.05, 0.1) is 6.26 Å². The summed E-state index contributed by atoms with van der Waals surface area (Å²) in [6.07, 6.45) is 16.1. The van der Waals surface area contributed by atoms with Crippen LogP contribution >= 0.6 is 0 Å². The van der Waals surface area contributed by atoms with Crippen LogP contribution in [-0.4, -0.2) is 0 Å². The highest BCUT2D eigenvalue weighted by Gasteiger charge is 2.28. The summed E-state index contributed by atoms with van der Waals surface area (Å²) in [5.41, 5.74) is 11.2. The zero-order valence-corrected chi connectivity index (χ0v) is 22.5. The van der Waals surface area contributed by atoms with Crippen LogP contribution in [0.1, 0.15) is 34.6 Å². The molecule has 40 heavy (non-hydrogen) atoms. The van der Waals surface area contributed by atoms with Crippen molar-refractivity contribution in [3.63, 3.8) is 0 Å². The Labute approximate surface area is 236 Å². The molecule has 0 aromatic heterocycles. The van der Waals surface area contributed by atoms with Crippen molar-refractivity contribution in [2.24, 2.45) is 0 Å². The summed E-state index contributed by atoms with van der Waals surface area (Å²) in [4.78, 5) is 0. The maximum atomic E-state index is 6.13. The third kappa shape index (κ3) is 4.61. The van der Waals surface area contributed by atoms with Crippen molar-refractivity contribution >= 4 is 22.9 Å². The van der Waals surface area contributed by atoms with Crippen LogP contribution in [-0.2, 0) is 0 Å². The largest absolute Gasteiger partial charge is 0.464 e. The summed E-state index contributed by atoms with van der Waals surface area (Å²) in [7, 11) is 0. The first-order valence-electron chi connectivity index (χ1n) is 13.9. The third-order valence-corrected chi connectivity index (χ3v) is 7.97. The standard InChI is InChI=1S/C39H30O/c1-27-9-6-13-30(23-27)32-15-7-14-31(24-32)29-21-19-28(20-22-29)10-2-3-12-34-26-40-38-25-33-11-4-5-16-35(33)37-18-8-17-36(34)39(37)38/h2-16,18-26,36H,17H2,1H3. The van der Waals surface area contributed by atoms with Crippen LogP contribution < -0.4 is 4.74 Å². The molecule has 2 aliphatic rings. The molecule has 0 radical (unpaired) electrons. The van der Waals surface area contributed by atoms with Crippen molar-refractivity contribution in [1.29, 1.82) is 0 Å². The van der Waals surface area contributed by atoms with E-state index in [1.54, 1.807) is 0 Å². The molecule has 1 heteroatoms. The summed E-state index contributed by atoms with van der Waals surface area (Å²) >= 11 is 0. The van der Waals surface area contributed by atoms with Gasteiger partial charge in [0, 0.05) is 11.5 Å². The Hall–Kier alpha value is -4.88. The van der Waals surface area contributed by atoms with Crippen molar-refractivity contribution in [2.45, 2.75) is 19.3 Å². The SMILES string of the molecule is Cc1cccc(-c2cccc(-c3ccc(C=CC=CC4=COc5cc6ccccc6c6c5C4CC=C6)cc3)c2)c1. The summed E-state index contributed by atoms with van der Waals surface area (Å²) in [6, 6.07) is 37.0. The molecule has 0 saturated carbocycles. The lowest BCUT2D eigenvalue weighted by molar-refractivity contribution is 0.446. The van der Waals surface area contributed by atoms with Crippen LogP contribution in [0.25, 0.3) is 45.2 Å². The third-order valence-electron chi connectivity index (χ3n) is 7.97. The second-order valence-corrected chi connectivity index (χ2v) is 10.6. The average molecular weight is 515 g/mol. The Bertz CT molecular complexity index is 1850. The summed E-state index contributed by atoms with van der Waals surface area (Å²) < 4.78 is 6.13. The number of hydrogen-bond acceptors (Lipinski definition) is 1. The Morgan fingerprint density at radius 3 is 2.30 bits per heavy atom. The molecule has 1 aliphatic heterocycles. The monoisotopic (exact) mass is 514 g/mol. The van der Waals surface area contributed by atoms with Gasteiger partial charge in [-0.25, -0.2) is 0 Å². The van der Waals surface area contributed by atoms with Crippen LogP contribution in [0, 0.1) is 6.92 Å². The van der Waals surface area contributed by atoms with Gasteiger partial charge in [-0.1, -0.05) is 133 Å². The Balaban J connectivity index is 1.07. The lowest BCUT2D eigenvalue weighted by Gasteiger charge is -2.29. The average Bonchev–Trinajstić information content (AvgIpc) is 3.01. The van der Waals surface area contributed by atoms with Gasteiger partial charge in [0.15, 0.2) is 0 Å². The van der Waals surface area contributed by atoms with Gasteiger partial charge in [-0.05, 0) is 75.2 Å². The summed E-state index contributed by atoms with van der Waals surface area (Å²) in [5, 5.41) is 2.52. The molecular weight excluding hydrogens is 484 g/mol. The molecular formula is C39H30O. The number of fused-ring (bicyclic) bond motifs is 2. The van der Waals surface area contributed by atoms with Gasteiger partial charge in [-0.2, -0.15) is 0 Å². The van der Waals surface area contributed by atoms with Crippen molar-refractivity contribution in [1.82, 2.24) is 0 Å². The molecule has 0 saturated heterocycles. The second kappa shape index (κ2) is 10.4. The number of rotatable bonds is 5. The van der Waals surface area contributed by atoms with E-state index in [0.717, 1.165) is 12.2 Å². The number of ether oxygens (including phenoxy) is 1. The number of hydrogen-bond donors (Lipinski definition) is 0. The molecule has 7 rings (SSSR count). The lowest BCUT2D eigenvalue weighted by atomic mass is 9.79. The minimum atomic E-state index is 0.327. The van der Waals surface area contributed by atoms with Crippen LogP contribution in [0.5, 0.6) is 5.75 Å². The topological polar surface area (TPSA) is 9.23 Å². The van der Waals surface area contributed by atoms with Crippen LogP contribution in [0.2, 0.25) is 0 Å². The highest BCUT2D eigenvalue weighted by molar-refractivity contribution is 5.95. The first-order valence-corrected chi connectivity index (χ1v) is 13.9. The zero-order chi connectivity index (χ0) is 26.9. The van der Waals surface area contributed by atoms with Crippen molar-refractivity contribution in [3.8, 4) is 28.0 Å². The van der Waals surface area contributed by atoms with Crippen molar-refractivity contribution < 1.29 is 4.74 Å². The fourth-order valence-electron chi connectivity index (χ4n) is 5.94. The second-order valence-electron chi connectivity index (χ2n) is 10.6. The molecule has 1 atom stereocenters. The zero-order valence-electron chi connectivity index (χ0n) is 22.5. The lowest BCUT2D eigenvalue weighted by Crippen LogP contribution is -2.13. The Kier molecular flexibility index (Phi) is 6.26. The smallest absolute Gasteiger partial charge is 0.131 e. The number of aryl methyl sites for hydroxylation is 1. The predicted molar refractivity (Wildman–Crippen MR) is 169 cm³/mol. The fraction of sp³-hybridized carbons (Fsp3) is 0.0769. The minimum absolute atomic E-state index is 0.327. The van der Waals surface area contributed by atoms with Gasteiger partial charge in [0.2, 0.25) is 0 Å². The van der Waals surface area contributed by atoms with Gasteiger partial charge in [0.25, 0.3) is 0 Å². The van der Waals surface area contributed by atoms with Gasteiger partial charge < -0.3 is 4.74 Å². The molecule has 1 heterocycles. The van der Waals surface area contributed by atoms with Crippen molar-refractivity contribution in [2.75, 3.05) is 0 Å². The molecule has 1 aliphatic carbocycles. The fourth-order valence-corrected chi connectivity index (χ4v) is 5.94. The van der Waals surface area contributed by atoms with E-state index in [0.29, 0.717) is 5.92 Å². The quantitative estimate of drug-likeness (QED) is 0.212. The minimum Gasteiger partial charge on any atom is -0.464 e. The van der Waals surface area contributed by atoms with Gasteiger partial charge in [-0.15, -0.1) is 0 Å². The van der Waals surface area contributed by atoms with Crippen LogP contribution in [0.4, 0.5) is 0 Å². The summed E-state index contributed by atoms with van der Waals surface area (Å²) in [6.45, 7) is 2.14. The molecule has 5 aromatic carbocycles. The molecule has 1 unspecified atom stereocenters.